The Kier molecular flexibility index (Phi) is 16.5. The van der Waals surface area contributed by atoms with Crippen molar-refractivity contribution >= 4 is 11.9 Å². The number of carboxylic acid groups (broad SMARTS) is 2. The molecule has 0 aromatic heterocycles. The normalized spacial score (nSPS) is 7.27. The fourth-order valence-corrected chi connectivity index (χ4v) is 0.267. The van der Waals surface area contributed by atoms with Gasteiger partial charge in [-0.2, -0.15) is 0 Å². The van der Waals surface area contributed by atoms with Crippen molar-refractivity contribution in [3.8, 4) is 0 Å². The van der Waals surface area contributed by atoms with Gasteiger partial charge in [0.05, 0.1) is 11.9 Å². The Balaban J connectivity index is -0.000000320. The number of rotatable bonds is 4. The Hall–Kier alpha value is 0.394. The molecule has 0 aromatic rings. The van der Waals surface area contributed by atoms with Gasteiger partial charge in [0, 0.05) is 13.1 Å². The Morgan fingerprint density at radius 2 is 1.36 bits per heavy atom. The maximum Gasteiger partial charge on any atom is 2.00 e. The monoisotopic (exact) mass is 212 g/mol. The molecule has 11 heavy (non-hydrogen) atoms. The third-order valence-electron chi connectivity index (χ3n) is 0.539. The van der Waals surface area contributed by atoms with E-state index in [1.807, 2.05) is 0 Å². The molecule has 0 aliphatic rings. The van der Waals surface area contributed by atoms with E-state index in [1.165, 1.54) is 0 Å². The van der Waals surface area contributed by atoms with Crippen molar-refractivity contribution in [1.29, 1.82) is 0 Å². The third kappa shape index (κ3) is 17.9. The summed E-state index contributed by atoms with van der Waals surface area (Å²) < 4.78 is 0. The molecule has 5 nitrogen and oxygen atoms in total. The number of hydrogen-bond donors (Lipinski definition) is 1. The van der Waals surface area contributed by atoms with Gasteiger partial charge >= 0.3 is 46.0 Å². The smallest absolute Gasteiger partial charge is 0.549 e. The van der Waals surface area contributed by atoms with Gasteiger partial charge in [-0.1, -0.05) is 0 Å². The van der Waals surface area contributed by atoms with E-state index < -0.39 is 25.0 Å². The van der Waals surface area contributed by atoms with Crippen molar-refractivity contribution in [2.75, 3.05) is 13.1 Å². The number of nitrogens with one attached hydrogen (secondary N) is 1. The second-order valence-electron chi connectivity index (χ2n) is 1.35. The minimum atomic E-state index is -1.34. The van der Waals surface area contributed by atoms with Crippen LogP contribution in [0.15, 0.2) is 0 Å². The van der Waals surface area contributed by atoms with Crippen molar-refractivity contribution in [2.45, 2.75) is 0 Å². The SMILES string of the molecule is O=C([O-])CNCC(=O)[O-].[Na+].[Ni+2]. The number of aliphatic carboxylic acids is 2. The molecule has 0 radical (unpaired) electrons. The molecule has 0 fully saturated rings. The quantitative estimate of drug-likeness (QED) is 0.468. The molecule has 0 heterocycles. The number of hydrogen-bond acceptors (Lipinski definition) is 5. The Bertz CT molecular complexity index is 117. The maximum absolute atomic E-state index is 9.59. The first-order valence-electron chi connectivity index (χ1n) is 2.23. The van der Waals surface area contributed by atoms with E-state index >= 15 is 0 Å². The minimum absolute atomic E-state index is 0. The summed E-state index contributed by atoms with van der Waals surface area (Å²) in [5.41, 5.74) is 0. The van der Waals surface area contributed by atoms with E-state index in [9.17, 15) is 19.8 Å². The van der Waals surface area contributed by atoms with Crippen molar-refractivity contribution in [1.82, 2.24) is 5.32 Å². The summed E-state index contributed by atoms with van der Waals surface area (Å²) >= 11 is 0. The Morgan fingerprint density at radius 1 is 1.09 bits per heavy atom. The Morgan fingerprint density at radius 3 is 1.55 bits per heavy atom. The van der Waals surface area contributed by atoms with Crippen molar-refractivity contribution in [3.05, 3.63) is 0 Å². The molecule has 0 saturated carbocycles. The molecule has 60 valence electrons. The first-order chi connectivity index (χ1) is 4.13. The second kappa shape index (κ2) is 10.4. The van der Waals surface area contributed by atoms with Crippen LogP contribution >= 0.6 is 0 Å². The number of carboxylic acids is 2. The van der Waals surface area contributed by atoms with Crippen LogP contribution in [-0.2, 0) is 26.1 Å². The van der Waals surface area contributed by atoms with Gasteiger partial charge in [-0.3, -0.25) is 0 Å². The van der Waals surface area contributed by atoms with Crippen molar-refractivity contribution < 1.29 is 65.9 Å². The summed E-state index contributed by atoms with van der Waals surface area (Å²) in [6, 6.07) is 0. The van der Waals surface area contributed by atoms with E-state index in [0.29, 0.717) is 0 Å². The van der Waals surface area contributed by atoms with Crippen LogP contribution in [0, 0.1) is 0 Å². The predicted octanol–water partition coefficient (Wildman–Crippen LogP) is -6.92. The van der Waals surface area contributed by atoms with Gasteiger partial charge < -0.3 is 25.1 Å². The largest absolute Gasteiger partial charge is 2.00 e. The average molecular weight is 213 g/mol. The zero-order valence-corrected chi connectivity index (χ0v) is 8.85. The van der Waals surface area contributed by atoms with Gasteiger partial charge in [0.1, 0.15) is 0 Å². The molecule has 0 unspecified atom stereocenters. The standard InChI is InChI=1S/C4H7NO4.Na.Ni/c6-3(7)1-5-2-4(8)9;;/h5H,1-2H2,(H,6,7)(H,8,9);;/q;+1;+2/p-2. The zero-order chi connectivity index (χ0) is 7.28. The van der Waals surface area contributed by atoms with Gasteiger partial charge in [0.15, 0.2) is 0 Å². The third-order valence-corrected chi connectivity index (χ3v) is 0.539. The van der Waals surface area contributed by atoms with Crippen molar-refractivity contribution in [3.63, 3.8) is 0 Å². The van der Waals surface area contributed by atoms with Gasteiger partial charge in [-0.25, -0.2) is 0 Å². The number of carbonyl (C=O) groups excluding carboxylic acids is 2. The van der Waals surface area contributed by atoms with Crippen LogP contribution < -0.4 is 45.1 Å². The van der Waals surface area contributed by atoms with Gasteiger partial charge in [-0.15, -0.1) is 0 Å². The van der Waals surface area contributed by atoms with E-state index in [1.54, 1.807) is 0 Å². The summed E-state index contributed by atoms with van der Waals surface area (Å²) in [6.07, 6.45) is 0. The molecule has 0 bridgehead atoms. The van der Waals surface area contributed by atoms with Crippen LogP contribution in [0.25, 0.3) is 0 Å². The first kappa shape index (κ1) is 17.5. The fraction of sp³-hybridized carbons (Fsp3) is 0.500. The van der Waals surface area contributed by atoms with Crippen molar-refractivity contribution in [2.24, 2.45) is 0 Å². The summed E-state index contributed by atoms with van der Waals surface area (Å²) in [6.45, 7) is -0.929. The van der Waals surface area contributed by atoms with Gasteiger partial charge in [0.25, 0.3) is 0 Å². The molecule has 0 spiro atoms. The summed E-state index contributed by atoms with van der Waals surface area (Å²) in [5.74, 6) is -2.67. The maximum atomic E-state index is 9.59. The Labute approximate surface area is 95.8 Å². The minimum Gasteiger partial charge on any atom is -0.549 e. The molecular weight excluding hydrogens is 208 g/mol. The predicted molar refractivity (Wildman–Crippen MR) is 22.9 cm³/mol. The van der Waals surface area contributed by atoms with Crippen LogP contribution in [0.3, 0.4) is 0 Å². The van der Waals surface area contributed by atoms with Crippen LogP contribution in [-0.4, -0.2) is 25.0 Å². The molecule has 0 rings (SSSR count). The zero-order valence-electron chi connectivity index (χ0n) is 5.86. The first-order valence-corrected chi connectivity index (χ1v) is 2.23. The molecular formula is C4H5NNaNiO4+. The fourth-order valence-electron chi connectivity index (χ4n) is 0.267. The van der Waals surface area contributed by atoms with E-state index in [-0.39, 0.29) is 46.0 Å². The molecule has 0 aliphatic carbocycles. The molecule has 0 aliphatic heterocycles. The summed E-state index contributed by atoms with van der Waals surface area (Å²) in [4.78, 5) is 19.2. The second-order valence-corrected chi connectivity index (χ2v) is 1.35. The summed E-state index contributed by atoms with van der Waals surface area (Å²) in [5, 5.41) is 21.2. The molecule has 7 heteroatoms. The van der Waals surface area contributed by atoms with E-state index in [0.717, 1.165) is 0 Å². The van der Waals surface area contributed by atoms with Gasteiger partial charge in [0.2, 0.25) is 0 Å². The van der Waals surface area contributed by atoms with Crippen LogP contribution in [0.1, 0.15) is 0 Å². The summed E-state index contributed by atoms with van der Waals surface area (Å²) in [7, 11) is 0. The molecule has 1 N–H and O–H groups in total. The number of carbonyl (C=O) groups is 2. The van der Waals surface area contributed by atoms with Crippen LogP contribution in [0.2, 0.25) is 0 Å². The average Bonchev–Trinajstić information content (AvgIpc) is 1.63. The topological polar surface area (TPSA) is 92.3 Å². The van der Waals surface area contributed by atoms with Gasteiger partial charge in [-0.05, 0) is 0 Å². The van der Waals surface area contributed by atoms with E-state index in [4.69, 9.17) is 0 Å². The van der Waals surface area contributed by atoms with Crippen LogP contribution in [0.5, 0.6) is 0 Å². The molecule has 0 saturated heterocycles. The molecule has 0 amide bonds. The molecule has 0 aromatic carbocycles. The van der Waals surface area contributed by atoms with E-state index in [2.05, 4.69) is 5.32 Å². The van der Waals surface area contributed by atoms with Crippen LogP contribution in [0.4, 0.5) is 0 Å². The molecule has 0 atom stereocenters.